The number of halogens is 1. The smallest absolute Gasteiger partial charge is 0.306 e. The molecule has 0 radical (unpaired) electrons. The van der Waals surface area contributed by atoms with Crippen LogP contribution in [0.25, 0.3) is 0 Å². The fraction of sp³-hybridized carbons (Fsp3) is 0.263. The highest BCUT2D eigenvalue weighted by Crippen LogP contribution is 2.40. The fourth-order valence-electron chi connectivity index (χ4n) is 2.91. The number of carbonyl (C=O) groups excluding carboxylic acids is 1. The van der Waals surface area contributed by atoms with Gasteiger partial charge in [-0.25, -0.2) is 0 Å². The zero-order valence-electron chi connectivity index (χ0n) is 14.7. The molecule has 0 aromatic heterocycles. The molecule has 27 heavy (non-hydrogen) atoms. The van der Waals surface area contributed by atoms with Crippen LogP contribution < -0.4 is 19.5 Å². The van der Waals surface area contributed by atoms with E-state index in [-0.39, 0.29) is 23.8 Å². The molecule has 7 nitrogen and oxygen atoms in total. The van der Waals surface area contributed by atoms with E-state index in [9.17, 15) is 14.7 Å². The maximum absolute atomic E-state index is 12.8. The number of aliphatic carboxylic acids is 1. The lowest BCUT2D eigenvalue weighted by atomic mass is 9.88. The number of benzene rings is 2. The van der Waals surface area contributed by atoms with Crippen molar-refractivity contribution in [3.05, 3.63) is 52.5 Å². The third-order valence-corrected chi connectivity index (χ3v) is 4.57. The van der Waals surface area contributed by atoms with E-state index in [4.69, 9.17) is 25.8 Å². The number of ether oxygens (including phenoxy) is 3. The molecule has 1 amide bonds. The highest BCUT2D eigenvalue weighted by atomic mass is 35.5. The first-order valence-corrected chi connectivity index (χ1v) is 8.48. The number of rotatable bonds is 6. The van der Waals surface area contributed by atoms with Crippen molar-refractivity contribution in [2.75, 3.05) is 13.9 Å². The van der Waals surface area contributed by atoms with Crippen LogP contribution >= 0.6 is 11.6 Å². The summed E-state index contributed by atoms with van der Waals surface area (Å²) in [5, 5.41) is 12.4. The van der Waals surface area contributed by atoms with E-state index in [1.165, 1.54) is 19.2 Å². The normalized spacial score (nSPS) is 14.3. The van der Waals surface area contributed by atoms with Gasteiger partial charge >= 0.3 is 5.97 Å². The third-order valence-electron chi connectivity index (χ3n) is 4.29. The number of hydrogen-bond acceptors (Lipinski definition) is 5. The molecule has 1 atom stereocenters. The largest absolute Gasteiger partial charge is 0.497 e. The molecule has 0 spiro atoms. The SMILES string of the molecule is COc1cccc(C(C)(CC(=O)O)NC(=O)c2cc(Cl)c3c(c2)OCO3)c1. The van der Waals surface area contributed by atoms with E-state index < -0.39 is 17.4 Å². The van der Waals surface area contributed by atoms with Crippen molar-refractivity contribution in [1.82, 2.24) is 5.32 Å². The average molecular weight is 392 g/mol. The second kappa shape index (κ2) is 7.36. The van der Waals surface area contributed by atoms with Crippen LogP contribution in [0.3, 0.4) is 0 Å². The Morgan fingerprint density at radius 1 is 1.30 bits per heavy atom. The van der Waals surface area contributed by atoms with Gasteiger partial charge in [0.1, 0.15) is 5.75 Å². The monoisotopic (exact) mass is 391 g/mol. The Hall–Kier alpha value is -2.93. The number of carboxylic acids is 1. The molecule has 1 heterocycles. The predicted molar refractivity (Wildman–Crippen MR) is 97.6 cm³/mol. The zero-order chi connectivity index (χ0) is 19.6. The summed E-state index contributed by atoms with van der Waals surface area (Å²) in [6.07, 6.45) is -0.315. The van der Waals surface area contributed by atoms with Crippen LogP contribution in [-0.4, -0.2) is 30.9 Å². The van der Waals surface area contributed by atoms with Gasteiger partial charge in [-0.3, -0.25) is 9.59 Å². The van der Waals surface area contributed by atoms with E-state index in [0.29, 0.717) is 22.8 Å². The second-order valence-electron chi connectivity index (χ2n) is 6.28. The van der Waals surface area contributed by atoms with Crippen molar-refractivity contribution in [1.29, 1.82) is 0 Å². The van der Waals surface area contributed by atoms with Crippen LogP contribution in [0.5, 0.6) is 17.2 Å². The van der Waals surface area contributed by atoms with Gasteiger partial charge in [-0.15, -0.1) is 0 Å². The molecule has 142 valence electrons. The van der Waals surface area contributed by atoms with Gasteiger partial charge in [0.2, 0.25) is 6.79 Å². The Bertz CT molecular complexity index is 900. The first-order valence-electron chi connectivity index (χ1n) is 8.10. The highest BCUT2D eigenvalue weighted by molar-refractivity contribution is 6.32. The van der Waals surface area contributed by atoms with Gasteiger partial charge in [-0.05, 0) is 36.8 Å². The Labute approximate surface area is 160 Å². The van der Waals surface area contributed by atoms with Crippen molar-refractivity contribution in [2.45, 2.75) is 18.9 Å². The highest BCUT2D eigenvalue weighted by Gasteiger charge is 2.33. The predicted octanol–water partition coefficient (Wildman–Crippen LogP) is 3.20. The summed E-state index contributed by atoms with van der Waals surface area (Å²) < 4.78 is 15.7. The van der Waals surface area contributed by atoms with Gasteiger partial charge in [0.15, 0.2) is 11.5 Å². The molecule has 1 aliphatic heterocycles. The lowest BCUT2D eigenvalue weighted by molar-refractivity contribution is -0.138. The molecule has 0 bridgehead atoms. The molecule has 0 fully saturated rings. The lowest BCUT2D eigenvalue weighted by Crippen LogP contribution is -2.45. The average Bonchev–Trinajstić information content (AvgIpc) is 3.10. The molecule has 2 N–H and O–H groups in total. The van der Waals surface area contributed by atoms with E-state index >= 15 is 0 Å². The number of carbonyl (C=O) groups is 2. The molecule has 0 saturated heterocycles. The molecule has 1 aliphatic rings. The summed E-state index contributed by atoms with van der Waals surface area (Å²) >= 11 is 6.14. The Morgan fingerprint density at radius 3 is 2.78 bits per heavy atom. The summed E-state index contributed by atoms with van der Waals surface area (Å²) in [5.41, 5.74) is -0.325. The minimum atomic E-state index is -1.17. The molecular formula is C19H18ClNO6. The second-order valence-corrected chi connectivity index (χ2v) is 6.69. The van der Waals surface area contributed by atoms with Crippen LogP contribution in [0.1, 0.15) is 29.3 Å². The maximum Gasteiger partial charge on any atom is 0.306 e. The van der Waals surface area contributed by atoms with Crippen LogP contribution in [0.4, 0.5) is 0 Å². The van der Waals surface area contributed by atoms with Gasteiger partial charge < -0.3 is 24.6 Å². The summed E-state index contributed by atoms with van der Waals surface area (Å²) in [6, 6.07) is 9.86. The molecule has 0 aliphatic carbocycles. The van der Waals surface area contributed by atoms with Gasteiger partial charge in [0.05, 0.1) is 24.1 Å². The first kappa shape index (κ1) is 18.8. The van der Waals surface area contributed by atoms with Gasteiger partial charge in [0.25, 0.3) is 5.91 Å². The van der Waals surface area contributed by atoms with Crippen molar-refractivity contribution in [3.8, 4) is 17.2 Å². The Balaban J connectivity index is 1.93. The number of hydrogen-bond donors (Lipinski definition) is 2. The number of fused-ring (bicyclic) bond motifs is 1. The van der Waals surface area contributed by atoms with Crippen molar-refractivity contribution >= 4 is 23.5 Å². The van der Waals surface area contributed by atoms with Gasteiger partial charge in [-0.1, -0.05) is 23.7 Å². The van der Waals surface area contributed by atoms with E-state index in [0.717, 1.165) is 0 Å². The van der Waals surface area contributed by atoms with Crippen molar-refractivity contribution in [2.24, 2.45) is 0 Å². The zero-order valence-corrected chi connectivity index (χ0v) is 15.5. The van der Waals surface area contributed by atoms with E-state index in [2.05, 4.69) is 5.32 Å². The van der Waals surface area contributed by atoms with Crippen LogP contribution in [0.15, 0.2) is 36.4 Å². The number of nitrogens with one attached hydrogen (secondary N) is 1. The molecule has 1 unspecified atom stereocenters. The van der Waals surface area contributed by atoms with Gasteiger partial charge in [0, 0.05) is 5.56 Å². The van der Waals surface area contributed by atoms with E-state index in [1.807, 2.05) is 0 Å². The van der Waals surface area contributed by atoms with E-state index in [1.54, 1.807) is 31.2 Å². The summed E-state index contributed by atoms with van der Waals surface area (Å²) in [6.45, 7) is 1.67. The first-order chi connectivity index (χ1) is 12.8. The number of carboxylic acid groups (broad SMARTS) is 1. The van der Waals surface area contributed by atoms with Gasteiger partial charge in [-0.2, -0.15) is 0 Å². The minimum absolute atomic E-state index is 0.0284. The molecule has 2 aromatic carbocycles. The molecule has 8 heteroatoms. The van der Waals surface area contributed by atoms with Crippen molar-refractivity contribution < 1.29 is 28.9 Å². The van der Waals surface area contributed by atoms with Crippen LogP contribution in [0, 0.1) is 0 Å². The molecule has 3 rings (SSSR count). The standard InChI is InChI=1S/C19H18ClNO6/c1-19(9-16(22)23,12-4-3-5-13(8-12)25-2)21-18(24)11-6-14(20)17-15(7-11)26-10-27-17/h3-8H,9-10H2,1-2H3,(H,21,24)(H,22,23). The van der Waals surface area contributed by atoms with Crippen LogP contribution in [0.2, 0.25) is 5.02 Å². The molecule has 0 saturated carbocycles. The molecule has 2 aromatic rings. The third kappa shape index (κ3) is 3.93. The summed E-state index contributed by atoms with van der Waals surface area (Å²) in [4.78, 5) is 24.3. The fourth-order valence-corrected chi connectivity index (χ4v) is 3.17. The molecular weight excluding hydrogens is 374 g/mol. The number of methoxy groups -OCH3 is 1. The van der Waals surface area contributed by atoms with Crippen molar-refractivity contribution in [3.63, 3.8) is 0 Å². The summed E-state index contributed by atoms with van der Waals surface area (Å²) in [5.74, 6) is -0.223. The van der Waals surface area contributed by atoms with Crippen LogP contribution in [-0.2, 0) is 10.3 Å². The Morgan fingerprint density at radius 2 is 2.07 bits per heavy atom. The quantitative estimate of drug-likeness (QED) is 0.785. The Kier molecular flexibility index (Phi) is 5.14. The minimum Gasteiger partial charge on any atom is -0.497 e. The lowest BCUT2D eigenvalue weighted by Gasteiger charge is -2.30. The maximum atomic E-state index is 12.8. The topological polar surface area (TPSA) is 94.1 Å². The summed E-state index contributed by atoms with van der Waals surface area (Å²) in [7, 11) is 1.51. The number of amides is 1.